The van der Waals surface area contributed by atoms with Gasteiger partial charge in [0.05, 0.1) is 0 Å². The molecule has 0 bridgehead atoms. The molecule has 0 heterocycles. The first-order valence-corrected chi connectivity index (χ1v) is 13.7. The zero-order valence-corrected chi connectivity index (χ0v) is 28.3. The minimum atomic E-state index is 0. The van der Waals surface area contributed by atoms with Crippen molar-refractivity contribution >= 4 is 0 Å². The Kier molecular flexibility index (Phi) is 20.0. The van der Waals surface area contributed by atoms with Gasteiger partial charge in [-0.15, -0.1) is 11.8 Å². The number of halogens is 2. The van der Waals surface area contributed by atoms with Crippen molar-refractivity contribution < 1.29 is 51.0 Å². The van der Waals surface area contributed by atoms with Crippen molar-refractivity contribution in [3.05, 3.63) is 73.3 Å². The van der Waals surface area contributed by atoms with E-state index in [1.807, 2.05) is 0 Å². The minimum Gasteiger partial charge on any atom is -1.00 e. The van der Waals surface area contributed by atoms with E-state index in [1.54, 1.807) is 22.3 Å². The van der Waals surface area contributed by atoms with Gasteiger partial charge >= 0.3 is 26.2 Å². The first-order valence-electron chi connectivity index (χ1n) is 13.7. The molecule has 0 aromatic carbocycles. The third kappa shape index (κ3) is 9.87. The third-order valence-corrected chi connectivity index (χ3v) is 7.89. The Bertz CT molecular complexity index is 617. The predicted molar refractivity (Wildman–Crippen MR) is 148 cm³/mol. The molecule has 0 radical (unpaired) electrons. The van der Waals surface area contributed by atoms with Crippen molar-refractivity contribution in [2.75, 3.05) is 0 Å². The van der Waals surface area contributed by atoms with Crippen molar-refractivity contribution in [3.63, 3.8) is 0 Å². The van der Waals surface area contributed by atoms with Gasteiger partial charge < -0.3 is 57.9 Å². The molecular formula is C33H52Cl2Zr-4. The molecule has 36 heavy (non-hydrogen) atoms. The Hall–Kier alpha value is 0.423. The van der Waals surface area contributed by atoms with Gasteiger partial charge in [0, 0.05) is 0 Å². The Morgan fingerprint density at radius 2 is 0.861 bits per heavy atom. The average Bonchev–Trinajstić information content (AvgIpc) is 3.42. The Balaban J connectivity index is 0. The predicted octanol–water partition coefficient (Wildman–Crippen LogP) is 3.84. The van der Waals surface area contributed by atoms with Crippen LogP contribution in [0.5, 0.6) is 0 Å². The molecule has 4 aliphatic carbocycles. The van der Waals surface area contributed by atoms with Crippen molar-refractivity contribution in [2.45, 2.75) is 87.5 Å². The van der Waals surface area contributed by atoms with E-state index in [9.17, 15) is 0 Å². The second kappa shape index (κ2) is 18.7. The van der Waals surface area contributed by atoms with Gasteiger partial charge in [0.15, 0.2) is 0 Å². The fraction of sp³-hybridized carbons (Fsp3) is 0.636. The van der Waals surface area contributed by atoms with Crippen LogP contribution >= 0.6 is 0 Å². The molecule has 0 amide bonds. The summed E-state index contributed by atoms with van der Waals surface area (Å²) in [6.45, 7) is 25.4. The molecular weight excluding hydrogens is 558 g/mol. The number of rotatable bonds is 4. The third-order valence-electron chi connectivity index (χ3n) is 7.89. The number of fused-ring (bicyclic) bond motifs is 2. The fourth-order valence-electron chi connectivity index (χ4n) is 6.33. The Morgan fingerprint density at radius 1 is 0.611 bits per heavy atom. The first-order chi connectivity index (χ1) is 15.6. The van der Waals surface area contributed by atoms with Gasteiger partial charge in [0.2, 0.25) is 0 Å². The maximum Gasteiger partial charge on any atom is 2.00 e. The van der Waals surface area contributed by atoms with Gasteiger partial charge in [0.25, 0.3) is 0 Å². The summed E-state index contributed by atoms with van der Waals surface area (Å²) in [6.07, 6.45) is 20.8. The second-order valence-electron chi connectivity index (χ2n) is 11.5. The van der Waals surface area contributed by atoms with Crippen LogP contribution in [0.4, 0.5) is 0 Å². The normalized spacial score (nSPS) is 25.9. The molecule has 4 atom stereocenters. The van der Waals surface area contributed by atoms with Gasteiger partial charge in [-0.25, -0.2) is 0 Å². The molecule has 0 N–H and O–H groups in total. The maximum absolute atomic E-state index is 3.38. The van der Waals surface area contributed by atoms with Crippen LogP contribution in [0.25, 0.3) is 0 Å². The topological polar surface area (TPSA) is 0 Å². The summed E-state index contributed by atoms with van der Waals surface area (Å²) in [6, 6.07) is 0. The molecule has 3 heteroatoms. The summed E-state index contributed by atoms with van der Waals surface area (Å²) in [5, 5.41) is 0. The number of allylic oxidation sites excluding steroid dienone is 8. The molecule has 0 nitrogen and oxygen atoms in total. The SMILES string of the molecule is CC(C)C1=CC=C(C(C)C)C2CC[CH-]C12.CC(C)C1=CC=C(C(C)C)C2CC[CH-]C12.[CH2-]C[CH2-].[Cl-].[Cl-].[Zr+2]. The van der Waals surface area contributed by atoms with Crippen LogP contribution in [0.2, 0.25) is 0 Å². The summed E-state index contributed by atoms with van der Waals surface area (Å²) < 4.78 is 0. The van der Waals surface area contributed by atoms with Crippen molar-refractivity contribution in [3.8, 4) is 0 Å². The zero-order valence-electron chi connectivity index (χ0n) is 24.3. The van der Waals surface area contributed by atoms with Crippen molar-refractivity contribution in [1.82, 2.24) is 0 Å². The Labute approximate surface area is 257 Å². The van der Waals surface area contributed by atoms with E-state index in [-0.39, 0.29) is 51.0 Å². The molecule has 0 aromatic rings. The maximum atomic E-state index is 3.38. The van der Waals surface area contributed by atoms with Crippen LogP contribution < -0.4 is 24.8 Å². The number of hydrogen-bond acceptors (Lipinski definition) is 0. The van der Waals surface area contributed by atoms with Crippen LogP contribution in [0.3, 0.4) is 0 Å². The van der Waals surface area contributed by atoms with E-state index >= 15 is 0 Å². The molecule has 0 aliphatic heterocycles. The molecule has 2 saturated carbocycles. The minimum absolute atomic E-state index is 0. The van der Waals surface area contributed by atoms with Gasteiger partial charge in [-0.1, -0.05) is 115 Å². The van der Waals surface area contributed by atoms with Crippen molar-refractivity contribution in [1.29, 1.82) is 0 Å². The molecule has 0 saturated heterocycles. The zero-order chi connectivity index (χ0) is 24.7. The second-order valence-corrected chi connectivity index (χ2v) is 11.5. The molecule has 4 rings (SSSR count). The van der Waals surface area contributed by atoms with Crippen molar-refractivity contribution in [2.24, 2.45) is 47.3 Å². The molecule has 4 unspecified atom stereocenters. The fourth-order valence-corrected chi connectivity index (χ4v) is 6.33. The average molecular weight is 611 g/mol. The molecule has 0 spiro atoms. The van der Waals surface area contributed by atoms with Crippen LogP contribution in [0, 0.1) is 74.0 Å². The summed E-state index contributed by atoms with van der Waals surface area (Å²) >= 11 is 0. The van der Waals surface area contributed by atoms with Gasteiger partial charge in [-0.2, -0.15) is 12.8 Å². The number of hydrogen-bond donors (Lipinski definition) is 0. The van der Waals surface area contributed by atoms with Gasteiger partial charge in [0.1, 0.15) is 0 Å². The van der Waals surface area contributed by atoms with E-state index < -0.39 is 0 Å². The quantitative estimate of drug-likeness (QED) is 0.425. The smallest absolute Gasteiger partial charge is 1.00 e. The summed E-state index contributed by atoms with van der Waals surface area (Å²) in [7, 11) is 0. The summed E-state index contributed by atoms with van der Waals surface area (Å²) in [5.74, 6) is 6.01. The van der Waals surface area contributed by atoms with Crippen LogP contribution in [0.1, 0.15) is 87.5 Å². The van der Waals surface area contributed by atoms with Gasteiger partial charge in [-0.05, 0) is 35.5 Å². The van der Waals surface area contributed by atoms with Crippen LogP contribution in [-0.2, 0) is 26.2 Å². The molecule has 0 aromatic heterocycles. The molecule has 2 fully saturated rings. The standard InChI is InChI=1S/2C15H23.C3H6.2ClH.Zr/c2*1-10(2)12-8-9-13(11(3)4)15-7-5-6-14(12)15;1-3-2;;;/h2*6,8-11,14-15H,5,7H2,1-4H3;1-3H2;2*1H;/q2*-1;-2;;;+2/p-2. The van der Waals surface area contributed by atoms with E-state index in [1.165, 1.54) is 25.7 Å². The van der Waals surface area contributed by atoms with Crippen LogP contribution in [-0.4, -0.2) is 0 Å². The first kappa shape index (κ1) is 38.6. The van der Waals surface area contributed by atoms with E-state index in [0.717, 1.165) is 30.1 Å². The van der Waals surface area contributed by atoms with E-state index in [0.29, 0.717) is 23.7 Å². The van der Waals surface area contributed by atoms with E-state index in [4.69, 9.17) is 0 Å². The van der Waals surface area contributed by atoms with Gasteiger partial charge in [-0.3, -0.25) is 0 Å². The van der Waals surface area contributed by atoms with E-state index in [2.05, 4.69) is 106 Å². The molecule has 4 aliphatic rings. The summed E-state index contributed by atoms with van der Waals surface area (Å²) in [5.41, 5.74) is 6.67. The summed E-state index contributed by atoms with van der Waals surface area (Å²) in [4.78, 5) is 0. The largest absolute Gasteiger partial charge is 2.00 e. The molecule has 206 valence electrons. The van der Waals surface area contributed by atoms with Crippen LogP contribution in [0.15, 0.2) is 46.6 Å². The monoisotopic (exact) mass is 608 g/mol. The Morgan fingerprint density at radius 3 is 1.11 bits per heavy atom.